The molecule has 1 aliphatic rings. The van der Waals surface area contributed by atoms with Gasteiger partial charge in [0.2, 0.25) is 5.75 Å². The third-order valence-corrected chi connectivity index (χ3v) is 5.75. The maximum atomic E-state index is 13.0. The molecule has 0 aliphatic carbocycles. The minimum absolute atomic E-state index is 0.130. The lowest BCUT2D eigenvalue weighted by Gasteiger charge is -2.32. The van der Waals surface area contributed by atoms with Crippen LogP contribution in [0.2, 0.25) is 0 Å². The Kier molecular flexibility index (Phi) is 7.19. The van der Waals surface area contributed by atoms with Gasteiger partial charge in [-0.2, -0.15) is 0 Å². The number of nitrogens with zero attached hydrogens (tertiary/aromatic N) is 1. The van der Waals surface area contributed by atoms with Crippen LogP contribution in [0.5, 0.6) is 23.0 Å². The number of pyridine rings is 1. The largest absolute Gasteiger partial charge is 0.493 e. The van der Waals surface area contributed by atoms with E-state index in [4.69, 9.17) is 18.9 Å². The summed E-state index contributed by atoms with van der Waals surface area (Å²) in [6, 6.07) is 15.7. The van der Waals surface area contributed by atoms with Crippen molar-refractivity contribution in [3.8, 4) is 23.0 Å². The predicted molar refractivity (Wildman–Crippen MR) is 129 cm³/mol. The van der Waals surface area contributed by atoms with E-state index in [1.54, 1.807) is 6.92 Å². The minimum Gasteiger partial charge on any atom is -0.493 e. The molecule has 2 aromatic carbocycles. The molecule has 3 aromatic rings. The van der Waals surface area contributed by atoms with Gasteiger partial charge in [0.15, 0.2) is 11.4 Å². The van der Waals surface area contributed by atoms with Crippen molar-refractivity contribution in [1.29, 1.82) is 0 Å². The van der Waals surface area contributed by atoms with Crippen molar-refractivity contribution in [1.82, 2.24) is 10.3 Å². The number of fused-ring (bicyclic) bond motifs is 2. The van der Waals surface area contributed by atoms with E-state index in [0.717, 1.165) is 11.1 Å². The number of carbonyl (C=O) groups is 3. The molecule has 1 unspecified atom stereocenters. The van der Waals surface area contributed by atoms with E-state index in [2.05, 4.69) is 10.3 Å². The summed E-state index contributed by atoms with van der Waals surface area (Å²) in [7, 11) is 1.37. The van der Waals surface area contributed by atoms with Crippen LogP contribution in [0.25, 0.3) is 0 Å². The van der Waals surface area contributed by atoms with Crippen LogP contribution in [0.1, 0.15) is 48.3 Å². The number of hydrogen-bond donors (Lipinski definition) is 1. The highest BCUT2D eigenvalue weighted by molar-refractivity contribution is 5.98. The summed E-state index contributed by atoms with van der Waals surface area (Å²) >= 11 is 0. The topological polar surface area (TPSA) is 113 Å². The number of ether oxygens (including phenoxy) is 4. The third-order valence-electron chi connectivity index (χ3n) is 5.75. The normalized spacial score (nSPS) is 13.8. The lowest BCUT2D eigenvalue weighted by Crippen LogP contribution is -2.42. The van der Waals surface area contributed by atoms with Gasteiger partial charge >= 0.3 is 11.9 Å². The van der Waals surface area contributed by atoms with Gasteiger partial charge in [0.25, 0.3) is 5.91 Å². The summed E-state index contributed by atoms with van der Waals surface area (Å²) in [5, 5.41) is 2.56. The second kappa shape index (κ2) is 10.5. The number of hydrogen-bond acceptors (Lipinski definition) is 8. The fraction of sp³-hybridized carbons (Fsp3) is 0.259. The van der Waals surface area contributed by atoms with Gasteiger partial charge in [-0.25, -0.2) is 9.78 Å². The van der Waals surface area contributed by atoms with E-state index in [1.807, 2.05) is 48.5 Å². The summed E-state index contributed by atoms with van der Waals surface area (Å²) in [5.74, 6) is -0.818. The van der Waals surface area contributed by atoms with E-state index >= 15 is 0 Å². The van der Waals surface area contributed by atoms with Crippen LogP contribution in [0.15, 0.2) is 60.8 Å². The lowest BCUT2D eigenvalue weighted by molar-refractivity contribution is -0.150. The highest BCUT2D eigenvalue weighted by Gasteiger charge is 2.34. The molecule has 186 valence electrons. The molecule has 0 bridgehead atoms. The van der Waals surface area contributed by atoms with E-state index in [-0.39, 0.29) is 23.1 Å². The molecule has 0 fully saturated rings. The summed E-state index contributed by atoms with van der Waals surface area (Å²) in [5.41, 5.74) is 1.61. The number of methoxy groups -OCH3 is 1. The van der Waals surface area contributed by atoms with Crippen molar-refractivity contribution in [3.05, 3.63) is 77.6 Å². The molecular weight excluding hydrogens is 464 g/mol. The second-order valence-corrected chi connectivity index (χ2v) is 8.28. The van der Waals surface area contributed by atoms with Crippen molar-refractivity contribution < 1.29 is 33.3 Å². The highest BCUT2D eigenvalue weighted by atomic mass is 16.6. The van der Waals surface area contributed by atoms with Crippen LogP contribution in [0, 0.1) is 0 Å². The van der Waals surface area contributed by atoms with E-state index in [0.29, 0.717) is 11.5 Å². The molecule has 0 saturated carbocycles. The zero-order valence-electron chi connectivity index (χ0n) is 20.3. The average Bonchev–Trinajstić information content (AvgIpc) is 2.86. The Balaban J connectivity index is 1.51. The van der Waals surface area contributed by atoms with Crippen molar-refractivity contribution >= 4 is 17.8 Å². The first-order valence-electron chi connectivity index (χ1n) is 11.4. The number of amides is 1. The Morgan fingerprint density at radius 1 is 0.972 bits per heavy atom. The first-order chi connectivity index (χ1) is 17.3. The Morgan fingerprint density at radius 2 is 1.58 bits per heavy atom. The molecule has 9 heteroatoms. The predicted octanol–water partition coefficient (Wildman–Crippen LogP) is 4.00. The monoisotopic (exact) mass is 490 g/mol. The Labute approximate surface area is 208 Å². The summed E-state index contributed by atoms with van der Waals surface area (Å²) in [6.45, 7) is 4.50. The van der Waals surface area contributed by atoms with Crippen molar-refractivity contribution in [3.63, 3.8) is 0 Å². The van der Waals surface area contributed by atoms with Gasteiger partial charge < -0.3 is 24.3 Å². The average molecular weight is 491 g/mol. The molecular formula is C27H26N2O7. The molecule has 2 atom stereocenters. The molecule has 1 aromatic heterocycles. The number of benzene rings is 2. The molecule has 4 rings (SSSR count). The van der Waals surface area contributed by atoms with E-state index in [9.17, 15) is 14.4 Å². The minimum atomic E-state index is -1.01. The van der Waals surface area contributed by atoms with E-state index in [1.165, 1.54) is 33.2 Å². The smallest absolute Gasteiger partial charge is 0.328 e. The molecule has 36 heavy (non-hydrogen) atoms. The van der Waals surface area contributed by atoms with Crippen LogP contribution in [-0.4, -0.2) is 42.1 Å². The number of aromatic nitrogens is 1. The van der Waals surface area contributed by atoms with Crippen LogP contribution in [0.3, 0.4) is 0 Å². The number of nitrogens with one attached hydrogen (secondary N) is 1. The van der Waals surface area contributed by atoms with Gasteiger partial charge in [0, 0.05) is 30.3 Å². The first kappa shape index (κ1) is 24.7. The summed E-state index contributed by atoms with van der Waals surface area (Å²) < 4.78 is 22.1. The number of rotatable bonds is 7. The van der Waals surface area contributed by atoms with Crippen LogP contribution in [-0.2, 0) is 14.3 Å². The third kappa shape index (κ3) is 5.00. The molecule has 0 radical (unpaired) electrons. The second-order valence-electron chi connectivity index (χ2n) is 8.28. The van der Waals surface area contributed by atoms with E-state index < -0.39 is 30.0 Å². The highest BCUT2D eigenvalue weighted by Crippen LogP contribution is 2.46. The van der Waals surface area contributed by atoms with Gasteiger partial charge in [0.05, 0.1) is 13.0 Å². The molecule has 0 saturated heterocycles. The first-order valence-corrected chi connectivity index (χ1v) is 11.4. The van der Waals surface area contributed by atoms with Crippen LogP contribution >= 0.6 is 0 Å². The molecule has 1 N–H and O–H groups in total. The summed E-state index contributed by atoms with van der Waals surface area (Å²) in [4.78, 5) is 41.4. The van der Waals surface area contributed by atoms with Gasteiger partial charge in [-0.15, -0.1) is 0 Å². The Hall–Kier alpha value is -4.40. The lowest BCUT2D eigenvalue weighted by atomic mass is 9.84. The number of esters is 2. The van der Waals surface area contributed by atoms with Crippen molar-refractivity contribution in [2.24, 2.45) is 0 Å². The molecule has 0 spiro atoms. The maximum absolute atomic E-state index is 13.0. The SMILES string of the molecule is COc1ccnc(C(=O)N[C@@H](C)C(=O)OC(C)C2c3ccccc3Oc3ccccc32)c1OC(C)=O. The molecule has 1 aliphatic heterocycles. The van der Waals surface area contributed by atoms with Crippen LogP contribution < -0.4 is 19.5 Å². The van der Waals surface area contributed by atoms with Gasteiger partial charge in [0.1, 0.15) is 23.6 Å². The zero-order chi connectivity index (χ0) is 25.8. The fourth-order valence-corrected chi connectivity index (χ4v) is 4.13. The van der Waals surface area contributed by atoms with Crippen LogP contribution in [0.4, 0.5) is 0 Å². The van der Waals surface area contributed by atoms with Crippen molar-refractivity contribution in [2.75, 3.05) is 7.11 Å². The molecule has 2 heterocycles. The zero-order valence-corrected chi connectivity index (χ0v) is 20.3. The quantitative estimate of drug-likeness (QED) is 0.495. The number of carbonyl (C=O) groups excluding carboxylic acids is 3. The fourth-order valence-electron chi connectivity index (χ4n) is 4.13. The van der Waals surface area contributed by atoms with Gasteiger partial charge in [-0.1, -0.05) is 36.4 Å². The van der Waals surface area contributed by atoms with Gasteiger partial charge in [-0.05, 0) is 26.0 Å². The Bertz CT molecular complexity index is 1260. The standard InChI is InChI=1S/C27H26N2O7/c1-15(29-26(31)24-25(35-17(3)30)22(33-4)13-14-28-24)27(32)34-16(2)23-18-9-5-7-11-20(18)36-21-12-8-6-10-19(21)23/h5-16,23H,1-4H3,(H,29,31)/t15-,16?/m0/s1. The summed E-state index contributed by atoms with van der Waals surface area (Å²) in [6.07, 6.45) is 0.779. The van der Waals surface area contributed by atoms with Gasteiger partial charge in [-0.3, -0.25) is 9.59 Å². The molecule has 1 amide bonds. The maximum Gasteiger partial charge on any atom is 0.328 e. The van der Waals surface area contributed by atoms with Crippen molar-refractivity contribution in [2.45, 2.75) is 38.8 Å². The Morgan fingerprint density at radius 3 is 2.17 bits per heavy atom. The molecule has 9 nitrogen and oxygen atoms in total. The number of para-hydroxylation sites is 2.